The summed E-state index contributed by atoms with van der Waals surface area (Å²) in [5.41, 5.74) is 0. The van der Waals surface area contributed by atoms with Crippen LogP contribution in [0.15, 0.2) is 12.7 Å². The molecule has 1 aliphatic heterocycles. The molecule has 1 unspecified atom stereocenters. The number of imide groups is 1. The lowest BCUT2D eigenvalue weighted by Gasteiger charge is -2.31. The van der Waals surface area contributed by atoms with Crippen molar-refractivity contribution in [2.75, 3.05) is 19.6 Å². The number of carboxylic acids is 1. The van der Waals surface area contributed by atoms with Gasteiger partial charge in [0.2, 0.25) is 5.91 Å². The van der Waals surface area contributed by atoms with Gasteiger partial charge in [0.15, 0.2) is 0 Å². The van der Waals surface area contributed by atoms with Crippen LogP contribution >= 0.6 is 0 Å². The van der Waals surface area contributed by atoms with Gasteiger partial charge in [-0.1, -0.05) is 12.5 Å². The van der Waals surface area contributed by atoms with E-state index in [0.717, 1.165) is 12.8 Å². The summed E-state index contributed by atoms with van der Waals surface area (Å²) in [6.07, 6.45) is 3.73. The van der Waals surface area contributed by atoms with Gasteiger partial charge >= 0.3 is 12.0 Å². The van der Waals surface area contributed by atoms with Crippen LogP contribution in [0.1, 0.15) is 19.3 Å². The Balaban J connectivity index is 2.43. The maximum atomic E-state index is 11.6. The molecule has 19 heavy (non-hydrogen) atoms. The SMILES string of the molecule is C=CCNC(=O)NC(=O)CN1CCCCC1C(=O)O. The summed E-state index contributed by atoms with van der Waals surface area (Å²) in [6.45, 7) is 4.17. The molecule has 1 aliphatic rings. The summed E-state index contributed by atoms with van der Waals surface area (Å²) in [7, 11) is 0. The first-order valence-corrected chi connectivity index (χ1v) is 6.20. The Bertz CT molecular complexity index is 370. The third-order valence-corrected chi connectivity index (χ3v) is 2.91. The second-order valence-electron chi connectivity index (χ2n) is 4.37. The zero-order valence-corrected chi connectivity index (χ0v) is 10.7. The van der Waals surface area contributed by atoms with Crippen LogP contribution in [0.2, 0.25) is 0 Å². The molecule has 106 valence electrons. The van der Waals surface area contributed by atoms with Crippen molar-refractivity contribution in [2.24, 2.45) is 0 Å². The maximum Gasteiger partial charge on any atom is 0.321 e. The minimum atomic E-state index is -0.927. The first-order valence-electron chi connectivity index (χ1n) is 6.20. The molecular weight excluding hydrogens is 250 g/mol. The molecule has 0 bridgehead atoms. The fourth-order valence-corrected chi connectivity index (χ4v) is 2.02. The average Bonchev–Trinajstić information content (AvgIpc) is 2.36. The van der Waals surface area contributed by atoms with Crippen molar-refractivity contribution in [1.29, 1.82) is 0 Å². The molecule has 7 nitrogen and oxygen atoms in total. The van der Waals surface area contributed by atoms with Gasteiger partial charge < -0.3 is 10.4 Å². The van der Waals surface area contributed by atoms with Crippen LogP contribution < -0.4 is 10.6 Å². The highest BCUT2D eigenvalue weighted by Gasteiger charge is 2.29. The molecule has 1 fully saturated rings. The molecule has 0 spiro atoms. The molecule has 3 N–H and O–H groups in total. The highest BCUT2D eigenvalue weighted by Crippen LogP contribution is 2.16. The van der Waals surface area contributed by atoms with Crippen molar-refractivity contribution < 1.29 is 19.5 Å². The summed E-state index contributed by atoms with van der Waals surface area (Å²) < 4.78 is 0. The van der Waals surface area contributed by atoms with Crippen molar-refractivity contribution in [3.63, 3.8) is 0 Å². The number of hydrogen-bond acceptors (Lipinski definition) is 4. The molecule has 3 amide bonds. The quantitative estimate of drug-likeness (QED) is 0.607. The van der Waals surface area contributed by atoms with E-state index in [0.29, 0.717) is 13.0 Å². The molecule has 0 aliphatic carbocycles. The Morgan fingerprint density at radius 3 is 2.74 bits per heavy atom. The molecule has 0 aromatic carbocycles. The van der Waals surface area contributed by atoms with Gasteiger partial charge in [0, 0.05) is 6.54 Å². The summed E-state index contributed by atoms with van der Waals surface area (Å²) in [5.74, 6) is -1.43. The predicted octanol–water partition coefficient (Wildman–Crippen LogP) is -0.0627. The Hall–Kier alpha value is -1.89. The third-order valence-electron chi connectivity index (χ3n) is 2.91. The van der Waals surface area contributed by atoms with Crippen molar-refractivity contribution in [2.45, 2.75) is 25.3 Å². The fraction of sp³-hybridized carbons (Fsp3) is 0.583. The van der Waals surface area contributed by atoms with E-state index >= 15 is 0 Å². The second-order valence-corrected chi connectivity index (χ2v) is 4.37. The van der Waals surface area contributed by atoms with E-state index in [1.165, 1.54) is 6.08 Å². The van der Waals surface area contributed by atoms with E-state index in [1.807, 2.05) is 0 Å². The third kappa shape index (κ3) is 5.09. The monoisotopic (exact) mass is 269 g/mol. The van der Waals surface area contributed by atoms with E-state index in [1.54, 1.807) is 4.90 Å². The van der Waals surface area contributed by atoms with Crippen LogP contribution in [0.3, 0.4) is 0 Å². The molecule has 0 radical (unpaired) electrons. The Morgan fingerprint density at radius 1 is 1.37 bits per heavy atom. The number of nitrogens with zero attached hydrogens (tertiary/aromatic N) is 1. The molecular formula is C12H19N3O4. The Morgan fingerprint density at radius 2 is 2.11 bits per heavy atom. The summed E-state index contributed by atoms with van der Waals surface area (Å²) in [5, 5.41) is 13.6. The Kier molecular flexibility index (Phi) is 6.01. The zero-order valence-electron chi connectivity index (χ0n) is 10.7. The first kappa shape index (κ1) is 15.2. The zero-order chi connectivity index (χ0) is 14.3. The molecule has 7 heteroatoms. The van der Waals surface area contributed by atoms with Gasteiger partial charge in [-0.3, -0.25) is 19.8 Å². The number of carbonyl (C=O) groups is 3. The average molecular weight is 269 g/mol. The van der Waals surface area contributed by atoms with Gasteiger partial charge in [-0.05, 0) is 19.4 Å². The van der Waals surface area contributed by atoms with Crippen LogP contribution in [-0.2, 0) is 9.59 Å². The lowest BCUT2D eigenvalue weighted by atomic mass is 10.0. The van der Waals surface area contributed by atoms with E-state index in [-0.39, 0.29) is 13.1 Å². The van der Waals surface area contributed by atoms with Crippen LogP contribution in [0.4, 0.5) is 4.79 Å². The molecule has 1 saturated heterocycles. The van der Waals surface area contributed by atoms with Gasteiger partial charge in [0.1, 0.15) is 6.04 Å². The number of piperidine rings is 1. The van der Waals surface area contributed by atoms with Crippen molar-refractivity contribution in [1.82, 2.24) is 15.5 Å². The van der Waals surface area contributed by atoms with Gasteiger partial charge in [0.25, 0.3) is 0 Å². The predicted molar refractivity (Wildman–Crippen MR) is 68.6 cm³/mol. The van der Waals surface area contributed by atoms with Crippen molar-refractivity contribution in [3.8, 4) is 0 Å². The van der Waals surface area contributed by atoms with Crippen LogP contribution in [0.25, 0.3) is 0 Å². The standard InChI is InChI=1S/C12H19N3O4/c1-2-6-13-12(19)14-10(16)8-15-7-4-3-5-9(15)11(17)18/h2,9H,1,3-8H2,(H,17,18)(H2,13,14,16,19). The van der Waals surface area contributed by atoms with E-state index in [4.69, 9.17) is 5.11 Å². The topological polar surface area (TPSA) is 98.7 Å². The second kappa shape index (κ2) is 7.52. The number of rotatable bonds is 5. The molecule has 0 saturated carbocycles. The maximum absolute atomic E-state index is 11.6. The van der Waals surface area contributed by atoms with Crippen LogP contribution in [-0.4, -0.2) is 53.6 Å². The largest absolute Gasteiger partial charge is 0.480 e. The highest BCUT2D eigenvalue weighted by molar-refractivity contribution is 5.95. The normalized spacial score (nSPS) is 19.5. The number of urea groups is 1. The first-order chi connectivity index (χ1) is 9.04. The number of likely N-dealkylation sites (tertiary alicyclic amines) is 1. The smallest absolute Gasteiger partial charge is 0.321 e. The van der Waals surface area contributed by atoms with Gasteiger partial charge in [-0.25, -0.2) is 4.79 Å². The number of carboxylic acid groups (broad SMARTS) is 1. The number of carbonyl (C=O) groups excluding carboxylic acids is 2. The molecule has 1 rings (SSSR count). The van der Waals surface area contributed by atoms with Gasteiger partial charge in [-0.2, -0.15) is 0 Å². The molecule has 1 atom stereocenters. The minimum Gasteiger partial charge on any atom is -0.480 e. The van der Waals surface area contributed by atoms with Crippen LogP contribution in [0.5, 0.6) is 0 Å². The number of nitrogens with one attached hydrogen (secondary N) is 2. The molecule has 1 heterocycles. The van der Waals surface area contributed by atoms with Gasteiger partial charge in [-0.15, -0.1) is 6.58 Å². The molecule has 0 aromatic heterocycles. The number of hydrogen-bond donors (Lipinski definition) is 3. The van der Waals surface area contributed by atoms with Crippen molar-refractivity contribution in [3.05, 3.63) is 12.7 Å². The van der Waals surface area contributed by atoms with E-state index < -0.39 is 23.9 Å². The lowest BCUT2D eigenvalue weighted by Crippen LogP contribution is -2.51. The van der Waals surface area contributed by atoms with Crippen LogP contribution in [0, 0.1) is 0 Å². The minimum absolute atomic E-state index is 0.0848. The lowest BCUT2D eigenvalue weighted by molar-refractivity contribution is -0.145. The number of amides is 3. The highest BCUT2D eigenvalue weighted by atomic mass is 16.4. The van der Waals surface area contributed by atoms with Gasteiger partial charge in [0.05, 0.1) is 6.54 Å². The fourth-order valence-electron chi connectivity index (χ4n) is 2.02. The van der Waals surface area contributed by atoms with E-state index in [9.17, 15) is 14.4 Å². The summed E-state index contributed by atoms with van der Waals surface area (Å²) >= 11 is 0. The van der Waals surface area contributed by atoms with Crippen molar-refractivity contribution >= 4 is 17.9 Å². The van der Waals surface area contributed by atoms with E-state index in [2.05, 4.69) is 17.2 Å². The Labute approximate surface area is 111 Å². The number of aliphatic carboxylic acids is 1. The molecule has 0 aromatic rings. The summed E-state index contributed by atoms with van der Waals surface area (Å²) in [6, 6.07) is -1.25. The summed E-state index contributed by atoms with van der Waals surface area (Å²) in [4.78, 5) is 35.5.